The number of hydrogen-bond acceptors (Lipinski definition) is 3. The number of fused-ring (bicyclic) bond motifs is 3. The predicted molar refractivity (Wildman–Crippen MR) is 100 cm³/mol. The van der Waals surface area contributed by atoms with Crippen molar-refractivity contribution in [1.29, 1.82) is 0 Å². The van der Waals surface area contributed by atoms with Crippen LogP contribution in [0.5, 0.6) is 0 Å². The lowest BCUT2D eigenvalue weighted by Crippen LogP contribution is -2.42. The van der Waals surface area contributed by atoms with E-state index in [0.29, 0.717) is 17.1 Å². The summed E-state index contributed by atoms with van der Waals surface area (Å²) < 4.78 is 7.63. The van der Waals surface area contributed by atoms with Crippen molar-refractivity contribution in [3.8, 4) is 0 Å². The van der Waals surface area contributed by atoms with Gasteiger partial charge in [0, 0.05) is 24.7 Å². The molecule has 0 saturated carbocycles. The third kappa shape index (κ3) is 3.32. The van der Waals surface area contributed by atoms with Gasteiger partial charge >= 0.3 is 0 Å². The lowest BCUT2D eigenvalue weighted by atomic mass is 10.1. The normalized spacial score (nSPS) is 13.9. The van der Waals surface area contributed by atoms with Crippen molar-refractivity contribution in [3.63, 3.8) is 0 Å². The Morgan fingerprint density at radius 3 is 2.72 bits per heavy atom. The van der Waals surface area contributed by atoms with E-state index in [9.17, 15) is 4.79 Å². The topological polar surface area (TPSA) is 44.1 Å². The van der Waals surface area contributed by atoms with Gasteiger partial charge in [0.15, 0.2) is 5.76 Å². The highest BCUT2D eigenvalue weighted by molar-refractivity contribution is 5.84. The largest absolute Gasteiger partial charge is 0.482 e. The zero-order valence-electron chi connectivity index (χ0n) is 15.5. The average Bonchev–Trinajstić information content (AvgIpc) is 2.57. The first-order chi connectivity index (χ1) is 11.9. The Labute approximate surface area is 147 Å². The molecule has 1 aliphatic carbocycles. The van der Waals surface area contributed by atoms with Gasteiger partial charge in [0.05, 0.1) is 27.8 Å². The van der Waals surface area contributed by atoms with E-state index in [2.05, 4.69) is 37.2 Å². The molecule has 25 heavy (non-hydrogen) atoms. The van der Waals surface area contributed by atoms with Crippen LogP contribution in [0.3, 0.4) is 0 Å². The van der Waals surface area contributed by atoms with Gasteiger partial charge in [0.1, 0.15) is 0 Å². The number of pyridine rings is 2. The molecule has 2 heterocycles. The molecule has 0 aromatic carbocycles. The van der Waals surface area contributed by atoms with Gasteiger partial charge in [0.2, 0.25) is 0 Å². The lowest BCUT2D eigenvalue weighted by molar-refractivity contribution is 0.131. The first kappa shape index (κ1) is 17.3. The van der Waals surface area contributed by atoms with E-state index in [-0.39, 0.29) is 11.7 Å². The van der Waals surface area contributed by atoms with Crippen molar-refractivity contribution in [2.75, 3.05) is 0 Å². The Hall–Kier alpha value is -2.54. The summed E-state index contributed by atoms with van der Waals surface area (Å²) in [5, 5.41) is 3.17. The van der Waals surface area contributed by atoms with Crippen LogP contribution in [0.15, 0.2) is 28.5 Å². The molecule has 1 aliphatic rings. The van der Waals surface area contributed by atoms with Crippen molar-refractivity contribution in [3.05, 3.63) is 50.4 Å². The molecular weight excluding hydrogens is 312 g/mol. The molecule has 3 rings (SSSR count). The SMILES string of the molecule is Cc1nccc2c3c(n(C)c(=O)c12)=CC(OC(C)CCC(C)C)=C=C=3. The Bertz CT molecular complexity index is 1080. The molecule has 2 aromatic heterocycles. The third-order valence-corrected chi connectivity index (χ3v) is 4.60. The van der Waals surface area contributed by atoms with Crippen molar-refractivity contribution < 1.29 is 4.74 Å². The molecule has 1 unspecified atom stereocenters. The standard InChI is InChI=1S/C21H24N2O2/c1-13(2)6-7-14(3)25-16-8-9-17-18-10-11-22-15(4)20(18)21(24)23(5)19(17)12-16/h10-14H,6-7H2,1-5H3. The van der Waals surface area contributed by atoms with E-state index < -0.39 is 0 Å². The fraction of sp³-hybridized carbons (Fsp3) is 0.429. The monoisotopic (exact) mass is 336 g/mol. The van der Waals surface area contributed by atoms with Gasteiger partial charge in [-0.05, 0) is 44.4 Å². The minimum Gasteiger partial charge on any atom is -0.482 e. The van der Waals surface area contributed by atoms with Crippen LogP contribution in [-0.2, 0) is 11.8 Å². The van der Waals surface area contributed by atoms with Crippen LogP contribution in [0, 0.1) is 12.8 Å². The van der Waals surface area contributed by atoms with Gasteiger partial charge in [0.25, 0.3) is 5.56 Å². The number of hydrogen-bond donors (Lipinski definition) is 0. The second kappa shape index (κ2) is 6.76. The molecule has 0 spiro atoms. The minimum absolute atomic E-state index is 0.0495. The lowest BCUT2D eigenvalue weighted by Gasteiger charge is -2.16. The number of nitrogens with zero attached hydrogens (tertiary/aromatic N) is 2. The van der Waals surface area contributed by atoms with Gasteiger partial charge in [-0.3, -0.25) is 9.78 Å². The van der Waals surface area contributed by atoms with Crippen LogP contribution < -0.4 is 16.1 Å². The Balaban J connectivity index is 2.13. The molecule has 0 radical (unpaired) electrons. The molecular formula is C21H24N2O2. The molecule has 0 bridgehead atoms. The first-order valence-electron chi connectivity index (χ1n) is 8.77. The quantitative estimate of drug-likeness (QED) is 0.787. The summed E-state index contributed by atoms with van der Waals surface area (Å²) in [5.41, 5.74) is 6.98. The number of rotatable bonds is 5. The molecule has 2 aromatic rings. The molecule has 0 aliphatic heterocycles. The molecule has 4 heteroatoms. The highest BCUT2D eigenvalue weighted by atomic mass is 16.5. The molecule has 130 valence electrons. The molecule has 0 fully saturated rings. The molecule has 0 saturated heterocycles. The van der Waals surface area contributed by atoms with E-state index in [1.165, 1.54) is 0 Å². The van der Waals surface area contributed by atoms with E-state index in [4.69, 9.17) is 4.74 Å². The zero-order valence-corrected chi connectivity index (χ0v) is 15.5. The summed E-state index contributed by atoms with van der Waals surface area (Å²) in [5.74, 6) is 1.28. The van der Waals surface area contributed by atoms with Crippen LogP contribution in [0.4, 0.5) is 0 Å². The molecule has 0 N–H and O–H groups in total. The van der Waals surface area contributed by atoms with Crippen LogP contribution in [0.2, 0.25) is 0 Å². The predicted octanol–water partition coefficient (Wildman–Crippen LogP) is 2.30. The van der Waals surface area contributed by atoms with E-state index >= 15 is 0 Å². The third-order valence-electron chi connectivity index (χ3n) is 4.60. The highest BCUT2D eigenvalue weighted by Gasteiger charge is 2.12. The van der Waals surface area contributed by atoms with Gasteiger partial charge in [-0.25, -0.2) is 0 Å². The van der Waals surface area contributed by atoms with Crippen molar-refractivity contribution in [1.82, 2.24) is 9.55 Å². The van der Waals surface area contributed by atoms with E-state index in [1.807, 2.05) is 19.1 Å². The Kier molecular flexibility index (Phi) is 4.67. The zero-order chi connectivity index (χ0) is 18.1. The van der Waals surface area contributed by atoms with Crippen molar-refractivity contribution in [2.45, 2.75) is 46.6 Å². The maximum absolute atomic E-state index is 12.7. The second-order valence-electron chi connectivity index (χ2n) is 7.10. The first-order valence-corrected chi connectivity index (χ1v) is 8.77. The van der Waals surface area contributed by atoms with Gasteiger partial charge < -0.3 is 9.30 Å². The molecule has 0 amide bonds. The smallest absolute Gasteiger partial charge is 0.260 e. The number of aromatic nitrogens is 2. The fourth-order valence-electron chi connectivity index (χ4n) is 3.12. The average molecular weight is 336 g/mol. The van der Waals surface area contributed by atoms with E-state index in [1.54, 1.807) is 17.8 Å². The van der Waals surface area contributed by atoms with Gasteiger partial charge in [-0.1, -0.05) is 19.6 Å². The molecule has 4 nitrogen and oxygen atoms in total. The summed E-state index contributed by atoms with van der Waals surface area (Å²) in [6, 6.07) is 1.86. The van der Waals surface area contributed by atoms with Gasteiger partial charge in [-0.2, -0.15) is 0 Å². The number of aryl methyl sites for hydroxylation is 1. The van der Waals surface area contributed by atoms with Crippen LogP contribution in [0.25, 0.3) is 22.6 Å². The maximum Gasteiger partial charge on any atom is 0.260 e. The summed E-state index contributed by atoms with van der Waals surface area (Å²) in [4.78, 5) is 17.0. The maximum atomic E-state index is 12.7. The van der Waals surface area contributed by atoms with Crippen molar-refractivity contribution >= 4 is 22.6 Å². The Morgan fingerprint density at radius 1 is 1.24 bits per heavy atom. The van der Waals surface area contributed by atoms with Gasteiger partial charge in [-0.15, -0.1) is 0 Å². The van der Waals surface area contributed by atoms with Crippen molar-refractivity contribution in [2.24, 2.45) is 13.0 Å². The van der Waals surface area contributed by atoms with Crippen LogP contribution in [0.1, 0.15) is 39.3 Å². The molecule has 1 atom stereocenters. The second-order valence-corrected chi connectivity index (χ2v) is 7.10. The fourth-order valence-corrected chi connectivity index (χ4v) is 3.12. The van der Waals surface area contributed by atoms with Crippen LogP contribution >= 0.6 is 0 Å². The number of allylic oxidation sites excluding steroid dienone is 1. The highest BCUT2D eigenvalue weighted by Crippen LogP contribution is 2.13. The summed E-state index contributed by atoms with van der Waals surface area (Å²) in [7, 11) is 1.77. The summed E-state index contributed by atoms with van der Waals surface area (Å²) in [6.45, 7) is 8.34. The van der Waals surface area contributed by atoms with E-state index in [0.717, 1.165) is 34.5 Å². The Morgan fingerprint density at radius 2 is 2.00 bits per heavy atom. The number of ether oxygens (including phenoxy) is 1. The minimum atomic E-state index is -0.0495. The summed E-state index contributed by atoms with van der Waals surface area (Å²) in [6.07, 6.45) is 5.82. The summed E-state index contributed by atoms with van der Waals surface area (Å²) >= 11 is 0. The van der Waals surface area contributed by atoms with Crippen LogP contribution in [-0.4, -0.2) is 15.7 Å².